The zero-order valence-corrected chi connectivity index (χ0v) is 16.5. The molecular weight excluding hydrogens is 392 g/mol. The van der Waals surface area contributed by atoms with Gasteiger partial charge in [0.05, 0.1) is 18.2 Å². The number of nitrogens with zero attached hydrogens (tertiary/aromatic N) is 1. The van der Waals surface area contributed by atoms with E-state index in [0.29, 0.717) is 23.0 Å². The third-order valence-corrected chi connectivity index (χ3v) is 5.09. The molecule has 4 rings (SSSR count). The Balaban J connectivity index is 1.45. The van der Waals surface area contributed by atoms with Gasteiger partial charge in [0.2, 0.25) is 11.8 Å². The zero-order valence-electron chi connectivity index (χ0n) is 15.8. The number of carbonyl (C=O) groups is 2. The fourth-order valence-electron chi connectivity index (χ4n) is 3.15. The number of carbonyl (C=O) groups excluding carboxylic acids is 2. The first-order chi connectivity index (χ1) is 14.0. The Morgan fingerprint density at radius 2 is 2.07 bits per heavy atom. The van der Waals surface area contributed by atoms with Crippen molar-refractivity contribution in [3.63, 3.8) is 0 Å². The first-order valence-corrected chi connectivity index (χ1v) is 9.48. The van der Waals surface area contributed by atoms with E-state index in [1.165, 1.54) is 11.0 Å². The van der Waals surface area contributed by atoms with Crippen LogP contribution < -0.4 is 5.32 Å². The summed E-state index contributed by atoms with van der Waals surface area (Å²) in [6.45, 7) is 0.641. The van der Waals surface area contributed by atoms with Crippen LogP contribution in [0.4, 0.5) is 5.69 Å². The minimum absolute atomic E-state index is 0.0352. The van der Waals surface area contributed by atoms with Gasteiger partial charge in [-0.15, -0.1) is 0 Å². The molecule has 3 aromatic rings. The van der Waals surface area contributed by atoms with Gasteiger partial charge in [-0.3, -0.25) is 9.59 Å². The number of halogens is 1. The van der Waals surface area contributed by atoms with Crippen LogP contribution in [0.5, 0.6) is 0 Å². The summed E-state index contributed by atoms with van der Waals surface area (Å²) in [6.07, 6.45) is 3.22. The van der Waals surface area contributed by atoms with E-state index in [2.05, 4.69) is 5.32 Å². The normalized spacial score (nSPS) is 13.9. The van der Waals surface area contributed by atoms with Crippen LogP contribution >= 0.6 is 11.6 Å². The summed E-state index contributed by atoms with van der Waals surface area (Å²) in [5, 5.41) is 4.15. The summed E-state index contributed by atoms with van der Waals surface area (Å²) in [5.74, 6) is 0.198. The maximum Gasteiger partial charge on any atom is 0.250 e. The molecule has 0 aliphatic carbocycles. The minimum atomic E-state index is -0.180. The predicted octanol–water partition coefficient (Wildman–Crippen LogP) is 4.23. The molecule has 1 aromatic heterocycles. The molecule has 7 heteroatoms. The lowest BCUT2D eigenvalue weighted by atomic mass is 10.1. The van der Waals surface area contributed by atoms with Gasteiger partial charge in [0.25, 0.3) is 0 Å². The summed E-state index contributed by atoms with van der Waals surface area (Å²) in [6, 6.07) is 13.0. The lowest BCUT2D eigenvalue weighted by molar-refractivity contribution is -0.125. The van der Waals surface area contributed by atoms with Crippen LogP contribution in [-0.2, 0) is 27.5 Å². The number of rotatable bonds is 4. The van der Waals surface area contributed by atoms with Gasteiger partial charge >= 0.3 is 0 Å². The summed E-state index contributed by atoms with van der Waals surface area (Å²) < 4.78 is 11.1. The molecule has 6 nitrogen and oxygen atoms in total. The molecule has 0 bridgehead atoms. The van der Waals surface area contributed by atoms with Crippen molar-refractivity contribution in [2.75, 3.05) is 19.0 Å². The maximum absolute atomic E-state index is 12.5. The number of ether oxygens (including phenoxy) is 1. The Labute approximate surface area is 172 Å². The average Bonchev–Trinajstić information content (AvgIpc) is 2.90. The SMILES string of the molecule is CN(Cc1oc2ccccc2c1Cl)C(=O)/C=C/c1ccc2c(c1)COCC(=O)N2. The van der Waals surface area contributed by atoms with Crippen molar-refractivity contribution in [1.29, 1.82) is 0 Å². The number of amides is 2. The molecule has 1 aliphatic rings. The van der Waals surface area contributed by atoms with E-state index in [0.717, 1.165) is 22.2 Å². The highest BCUT2D eigenvalue weighted by Crippen LogP contribution is 2.31. The lowest BCUT2D eigenvalue weighted by Gasteiger charge is -2.13. The quantitative estimate of drug-likeness (QED) is 0.653. The first-order valence-electron chi connectivity index (χ1n) is 9.11. The van der Waals surface area contributed by atoms with E-state index in [1.807, 2.05) is 42.5 Å². The van der Waals surface area contributed by atoms with Crippen molar-refractivity contribution >= 4 is 46.1 Å². The summed E-state index contributed by atoms with van der Waals surface area (Å²) in [5.41, 5.74) is 3.13. The van der Waals surface area contributed by atoms with Gasteiger partial charge in [-0.2, -0.15) is 0 Å². The second-order valence-electron chi connectivity index (χ2n) is 6.82. The third kappa shape index (κ3) is 4.18. The fraction of sp³-hybridized carbons (Fsp3) is 0.182. The number of para-hydroxylation sites is 1. The standard InChI is InChI=1S/C22H19ClN2O4/c1-25(11-19-22(23)16-4-2-3-5-18(16)29-19)21(27)9-7-14-6-8-17-15(10-14)12-28-13-20(26)24-17/h2-10H,11-13H2,1H3,(H,24,26)/b9-7+. The maximum atomic E-state index is 12.5. The topological polar surface area (TPSA) is 71.8 Å². The predicted molar refractivity (Wildman–Crippen MR) is 111 cm³/mol. The molecule has 2 aromatic carbocycles. The largest absolute Gasteiger partial charge is 0.458 e. The lowest BCUT2D eigenvalue weighted by Crippen LogP contribution is -2.23. The van der Waals surface area contributed by atoms with Crippen LogP contribution in [0.3, 0.4) is 0 Å². The average molecular weight is 411 g/mol. The number of benzene rings is 2. The minimum Gasteiger partial charge on any atom is -0.458 e. The second kappa shape index (κ2) is 8.11. The van der Waals surface area contributed by atoms with E-state index in [1.54, 1.807) is 13.1 Å². The van der Waals surface area contributed by atoms with Gasteiger partial charge < -0.3 is 19.4 Å². The van der Waals surface area contributed by atoms with Crippen molar-refractivity contribution in [3.8, 4) is 0 Å². The zero-order chi connectivity index (χ0) is 20.4. The van der Waals surface area contributed by atoms with Crippen LogP contribution in [0, 0.1) is 0 Å². The number of anilines is 1. The summed E-state index contributed by atoms with van der Waals surface area (Å²) >= 11 is 6.38. The van der Waals surface area contributed by atoms with E-state index < -0.39 is 0 Å². The van der Waals surface area contributed by atoms with Crippen LogP contribution in [0.15, 0.2) is 53.0 Å². The Bertz CT molecular complexity index is 1120. The van der Waals surface area contributed by atoms with Crippen molar-refractivity contribution in [3.05, 3.63) is 70.5 Å². The molecule has 0 saturated carbocycles. The van der Waals surface area contributed by atoms with Crippen molar-refractivity contribution < 1.29 is 18.7 Å². The van der Waals surface area contributed by atoms with E-state index >= 15 is 0 Å². The van der Waals surface area contributed by atoms with Gasteiger partial charge in [-0.1, -0.05) is 29.8 Å². The highest BCUT2D eigenvalue weighted by Gasteiger charge is 2.16. The fourth-order valence-corrected chi connectivity index (χ4v) is 3.41. The molecule has 148 valence electrons. The number of hydrogen-bond donors (Lipinski definition) is 1. The molecule has 0 atom stereocenters. The third-order valence-electron chi connectivity index (χ3n) is 4.67. The van der Waals surface area contributed by atoms with Crippen LogP contribution in [0.25, 0.3) is 17.0 Å². The molecule has 1 aliphatic heterocycles. The second-order valence-corrected chi connectivity index (χ2v) is 7.20. The highest BCUT2D eigenvalue weighted by molar-refractivity contribution is 6.36. The Kier molecular flexibility index (Phi) is 5.38. The van der Waals surface area contributed by atoms with Crippen LogP contribution in [-0.4, -0.2) is 30.4 Å². The highest BCUT2D eigenvalue weighted by atomic mass is 35.5. The van der Waals surface area contributed by atoms with E-state index in [9.17, 15) is 9.59 Å². The molecule has 29 heavy (non-hydrogen) atoms. The molecule has 0 fully saturated rings. The van der Waals surface area contributed by atoms with E-state index in [-0.39, 0.29) is 25.0 Å². The molecule has 0 unspecified atom stereocenters. The van der Waals surface area contributed by atoms with Crippen molar-refractivity contribution in [1.82, 2.24) is 4.90 Å². The molecule has 0 saturated heterocycles. The van der Waals surface area contributed by atoms with Gasteiger partial charge in [0.1, 0.15) is 18.0 Å². The summed E-state index contributed by atoms with van der Waals surface area (Å²) in [4.78, 5) is 25.6. The van der Waals surface area contributed by atoms with Gasteiger partial charge in [-0.05, 0) is 35.9 Å². The van der Waals surface area contributed by atoms with Crippen molar-refractivity contribution in [2.24, 2.45) is 0 Å². The smallest absolute Gasteiger partial charge is 0.250 e. The summed E-state index contributed by atoms with van der Waals surface area (Å²) in [7, 11) is 1.69. The van der Waals surface area contributed by atoms with Crippen LogP contribution in [0.2, 0.25) is 5.02 Å². The molecule has 2 heterocycles. The van der Waals surface area contributed by atoms with Crippen molar-refractivity contribution in [2.45, 2.75) is 13.2 Å². The molecular formula is C22H19ClN2O4. The Morgan fingerprint density at radius 1 is 1.24 bits per heavy atom. The Hall–Kier alpha value is -3.09. The number of fused-ring (bicyclic) bond motifs is 2. The molecule has 0 spiro atoms. The number of likely N-dealkylation sites (N-methyl/N-ethyl adjacent to an activating group) is 1. The monoisotopic (exact) mass is 410 g/mol. The molecule has 0 radical (unpaired) electrons. The van der Waals surface area contributed by atoms with Gasteiger partial charge in [0, 0.05) is 29.8 Å². The van der Waals surface area contributed by atoms with Gasteiger partial charge in [0.15, 0.2) is 0 Å². The number of nitrogens with one attached hydrogen (secondary N) is 1. The number of furan rings is 1. The van der Waals surface area contributed by atoms with Crippen LogP contribution in [0.1, 0.15) is 16.9 Å². The number of hydrogen-bond acceptors (Lipinski definition) is 4. The Morgan fingerprint density at radius 3 is 2.90 bits per heavy atom. The molecule has 1 N–H and O–H groups in total. The van der Waals surface area contributed by atoms with Gasteiger partial charge in [-0.25, -0.2) is 0 Å². The first kappa shape index (κ1) is 19.2. The van der Waals surface area contributed by atoms with E-state index in [4.69, 9.17) is 20.8 Å². The molecule has 2 amide bonds.